The number of hydrogen-bond acceptors (Lipinski definition) is 6. The molecule has 0 aliphatic carbocycles. The third kappa shape index (κ3) is 2.21. The molecule has 0 radical (unpaired) electrons. The monoisotopic (exact) mass is 262 g/mol. The molecule has 1 unspecified atom stereocenters. The number of nitrogens with zero attached hydrogens (tertiary/aromatic N) is 3. The maximum absolute atomic E-state index is 5.29. The summed E-state index contributed by atoms with van der Waals surface area (Å²) < 4.78 is 6.34. The Kier molecular flexibility index (Phi) is 3.21. The van der Waals surface area contributed by atoms with Gasteiger partial charge in [0.2, 0.25) is 0 Å². The summed E-state index contributed by atoms with van der Waals surface area (Å²) in [5.74, 6) is 1.19. The molecule has 0 spiro atoms. The summed E-state index contributed by atoms with van der Waals surface area (Å²) in [6, 6.07) is 0. The number of hydrogen-bond donors (Lipinski definition) is 1. The molecule has 5 nitrogen and oxygen atoms in total. The lowest BCUT2D eigenvalue weighted by atomic mass is 10.1. The minimum atomic E-state index is 0.417. The van der Waals surface area contributed by atoms with E-state index in [1.54, 1.807) is 17.7 Å². The number of fused-ring (bicyclic) bond motifs is 1. The van der Waals surface area contributed by atoms with Gasteiger partial charge in [-0.3, -0.25) is 5.43 Å². The predicted molar refractivity (Wildman–Crippen MR) is 73.2 cm³/mol. The molecule has 0 aromatic carbocycles. The first-order chi connectivity index (χ1) is 8.84. The number of hydrazone groups is 1. The van der Waals surface area contributed by atoms with Gasteiger partial charge in [-0.1, -0.05) is 0 Å². The lowest BCUT2D eigenvalue weighted by Crippen LogP contribution is -2.03. The number of thiophene rings is 1. The van der Waals surface area contributed by atoms with Crippen LogP contribution in [0.25, 0.3) is 10.2 Å². The van der Waals surface area contributed by atoms with Gasteiger partial charge in [0.05, 0.1) is 16.8 Å². The van der Waals surface area contributed by atoms with E-state index in [9.17, 15) is 0 Å². The van der Waals surface area contributed by atoms with Crippen LogP contribution in [0.2, 0.25) is 0 Å². The number of aryl methyl sites for hydroxylation is 1. The van der Waals surface area contributed by atoms with Crippen LogP contribution >= 0.6 is 11.3 Å². The highest BCUT2D eigenvalue weighted by molar-refractivity contribution is 7.17. The lowest BCUT2D eigenvalue weighted by molar-refractivity contribution is 0.193. The van der Waals surface area contributed by atoms with E-state index in [0.29, 0.717) is 5.92 Å². The standard InChI is InChI=1S/C12H14N4OS/c1-8-6-18-11-10(8)13-7-14-12(11)16-15-4-9-2-3-17-5-9/h4,6-7,9H,2-3,5H2,1H3,(H,13,14,16). The van der Waals surface area contributed by atoms with Crippen LogP contribution in [-0.4, -0.2) is 29.4 Å². The zero-order valence-corrected chi connectivity index (χ0v) is 10.9. The first-order valence-electron chi connectivity index (χ1n) is 5.90. The van der Waals surface area contributed by atoms with Gasteiger partial charge in [-0.15, -0.1) is 11.3 Å². The quantitative estimate of drug-likeness (QED) is 0.681. The summed E-state index contributed by atoms with van der Waals surface area (Å²) >= 11 is 1.64. The molecule has 1 atom stereocenters. The molecule has 94 valence electrons. The van der Waals surface area contributed by atoms with Gasteiger partial charge in [0.25, 0.3) is 0 Å². The van der Waals surface area contributed by atoms with Gasteiger partial charge in [0.1, 0.15) is 6.33 Å². The fourth-order valence-corrected chi connectivity index (χ4v) is 2.86. The van der Waals surface area contributed by atoms with Gasteiger partial charge in [0.15, 0.2) is 5.82 Å². The molecule has 2 aromatic rings. The summed E-state index contributed by atoms with van der Waals surface area (Å²) in [4.78, 5) is 8.50. The highest BCUT2D eigenvalue weighted by Crippen LogP contribution is 2.28. The molecule has 3 heterocycles. The maximum Gasteiger partial charge on any atom is 0.167 e. The van der Waals surface area contributed by atoms with Crippen molar-refractivity contribution in [2.24, 2.45) is 11.0 Å². The van der Waals surface area contributed by atoms with Gasteiger partial charge in [-0.25, -0.2) is 9.97 Å². The van der Waals surface area contributed by atoms with Crippen LogP contribution in [0.3, 0.4) is 0 Å². The summed E-state index contributed by atoms with van der Waals surface area (Å²) in [5.41, 5.74) is 5.17. The SMILES string of the molecule is Cc1csc2c(NN=CC3CCOC3)ncnc12. The first kappa shape index (κ1) is 11.6. The first-order valence-corrected chi connectivity index (χ1v) is 6.78. The molecular weight excluding hydrogens is 248 g/mol. The number of anilines is 1. The second-order valence-corrected chi connectivity index (χ2v) is 5.21. The van der Waals surface area contributed by atoms with E-state index in [1.165, 1.54) is 5.56 Å². The Morgan fingerprint density at radius 1 is 1.56 bits per heavy atom. The van der Waals surface area contributed by atoms with Crippen molar-refractivity contribution < 1.29 is 4.74 Å². The molecule has 0 bridgehead atoms. The molecule has 1 aliphatic rings. The Morgan fingerprint density at radius 3 is 3.33 bits per heavy atom. The van der Waals surface area contributed by atoms with E-state index < -0.39 is 0 Å². The minimum Gasteiger partial charge on any atom is -0.381 e. The van der Waals surface area contributed by atoms with Crippen molar-refractivity contribution in [1.29, 1.82) is 0 Å². The fraction of sp³-hybridized carbons (Fsp3) is 0.417. The van der Waals surface area contributed by atoms with Crippen LogP contribution < -0.4 is 5.43 Å². The molecule has 6 heteroatoms. The Hall–Kier alpha value is -1.53. The zero-order chi connectivity index (χ0) is 12.4. The number of rotatable bonds is 3. The van der Waals surface area contributed by atoms with Crippen LogP contribution in [0.15, 0.2) is 16.8 Å². The normalized spacial score (nSPS) is 19.9. The summed E-state index contributed by atoms with van der Waals surface area (Å²) in [5, 5.41) is 6.33. The van der Waals surface area contributed by atoms with Crippen molar-refractivity contribution in [2.75, 3.05) is 18.6 Å². The smallest absolute Gasteiger partial charge is 0.167 e. The largest absolute Gasteiger partial charge is 0.381 e. The van der Waals surface area contributed by atoms with Gasteiger partial charge in [-0.05, 0) is 24.3 Å². The zero-order valence-electron chi connectivity index (χ0n) is 10.1. The average Bonchev–Trinajstić information content (AvgIpc) is 3.01. The van der Waals surface area contributed by atoms with Crippen molar-refractivity contribution in [3.8, 4) is 0 Å². The van der Waals surface area contributed by atoms with Crippen molar-refractivity contribution in [1.82, 2.24) is 9.97 Å². The summed E-state index contributed by atoms with van der Waals surface area (Å²) in [6.45, 7) is 3.65. The Balaban J connectivity index is 1.78. The molecule has 18 heavy (non-hydrogen) atoms. The van der Waals surface area contributed by atoms with Crippen LogP contribution in [0.5, 0.6) is 0 Å². The molecule has 1 saturated heterocycles. The van der Waals surface area contributed by atoms with Crippen molar-refractivity contribution in [3.05, 3.63) is 17.3 Å². The molecule has 3 rings (SSSR count). The van der Waals surface area contributed by atoms with Gasteiger partial charge in [0, 0.05) is 18.7 Å². The number of ether oxygens (including phenoxy) is 1. The van der Waals surface area contributed by atoms with Crippen molar-refractivity contribution >= 4 is 33.6 Å². The molecule has 0 saturated carbocycles. The molecular formula is C12H14N4OS. The Bertz CT molecular complexity index is 574. The second-order valence-electron chi connectivity index (χ2n) is 4.33. The molecule has 1 fully saturated rings. The van der Waals surface area contributed by atoms with E-state index in [4.69, 9.17) is 4.74 Å². The molecule has 1 aliphatic heterocycles. The van der Waals surface area contributed by atoms with Gasteiger partial charge < -0.3 is 4.74 Å². The van der Waals surface area contributed by atoms with E-state index in [-0.39, 0.29) is 0 Å². The van der Waals surface area contributed by atoms with Crippen molar-refractivity contribution in [3.63, 3.8) is 0 Å². The fourth-order valence-electron chi connectivity index (χ4n) is 1.92. The average molecular weight is 262 g/mol. The van der Waals surface area contributed by atoms with Gasteiger partial charge in [-0.2, -0.15) is 5.10 Å². The van der Waals surface area contributed by atoms with E-state index in [1.807, 2.05) is 6.21 Å². The minimum absolute atomic E-state index is 0.417. The summed E-state index contributed by atoms with van der Waals surface area (Å²) in [6.07, 6.45) is 4.52. The predicted octanol–water partition coefficient (Wildman–Crippen LogP) is 2.43. The van der Waals surface area contributed by atoms with Crippen LogP contribution in [0.1, 0.15) is 12.0 Å². The molecule has 0 amide bonds. The Labute approximate surface area is 109 Å². The second kappa shape index (κ2) is 4.99. The van der Waals surface area contributed by atoms with E-state index in [0.717, 1.165) is 35.7 Å². The van der Waals surface area contributed by atoms with Crippen LogP contribution in [0, 0.1) is 12.8 Å². The molecule has 1 N–H and O–H groups in total. The molecule has 2 aromatic heterocycles. The van der Waals surface area contributed by atoms with Gasteiger partial charge >= 0.3 is 0 Å². The van der Waals surface area contributed by atoms with E-state index in [2.05, 4.69) is 32.8 Å². The summed E-state index contributed by atoms with van der Waals surface area (Å²) in [7, 11) is 0. The third-order valence-corrected chi connectivity index (χ3v) is 4.05. The Morgan fingerprint density at radius 2 is 2.50 bits per heavy atom. The van der Waals surface area contributed by atoms with E-state index >= 15 is 0 Å². The topological polar surface area (TPSA) is 59.4 Å². The van der Waals surface area contributed by atoms with Crippen LogP contribution in [-0.2, 0) is 4.74 Å². The third-order valence-electron chi connectivity index (χ3n) is 2.95. The maximum atomic E-state index is 5.29. The van der Waals surface area contributed by atoms with Crippen molar-refractivity contribution in [2.45, 2.75) is 13.3 Å². The van der Waals surface area contributed by atoms with Crippen LogP contribution in [0.4, 0.5) is 5.82 Å². The lowest BCUT2D eigenvalue weighted by Gasteiger charge is -2.01. The number of aromatic nitrogens is 2. The highest BCUT2D eigenvalue weighted by Gasteiger charge is 2.13. The number of nitrogens with one attached hydrogen (secondary N) is 1. The highest BCUT2D eigenvalue weighted by atomic mass is 32.1.